The number of carbonyl (C=O) groups excluding carboxylic acids is 2. The molecule has 0 radical (unpaired) electrons. The van der Waals surface area contributed by atoms with Crippen LogP contribution in [0.25, 0.3) is 0 Å². The number of nitrogens with one attached hydrogen (secondary N) is 1. The van der Waals surface area contributed by atoms with Gasteiger partial charge in [0.05, 0.1) is 20.2 Å². The average molecular weight is 503 g/mol. The van der Waals surface area contributed by atoms with E-state index in [2.05, 4.69) is 12.2 Å². The fourth-order valence-corrected chi connectivity index (χ4v) is 6.13. The second kappa shape index (κ2) is 12.0. The minimum atomic E-state index is -3.73. The highest BCUT2D eigenvalue weighted by atomic mass is 32.2. The van der Waals surface area contributed by atoms with Gasteiger partial charge in [-0.15, -0.1) is 11.3 Å². The monoisotopic (exact) mass is 502 g/mol. The molecular weight excluding hydrogens is 472 g/mol. The number of nitrogens with zero attached hydrogens (tertiary/aromatic N) is 1. The van der Waals surface area contributed by atoms with Gasteiger partial charge < -0.3 is 10.1 Å². The topological polar surface area (TPSA) is 92.8 Å². The molecule has 0 atom stereocenters. The lowest BCUT2D eigenvalue weighted by Crippen LogP contribution is -2.28. The number of benzene rings is 1. The van der Waals surface area contributed by atoms with Crippen molar-refractivity contribution in [1.29, 1.82) is 0 Å². The molecule has 34 heavy (non-hydrogen) atoms. The average Bonchev–Trinajstić information content (AvgIpc) is 3.35. The molecule has 0 spiro atoms. The number of ketones is 1. The Morgan fingerprint density at radius 2 is 1.97 bits per heavy atom. The Kier molecular flexibility index (Phi) is 9.06. The molecule has 7 nitrogen and oxygen atoms in total. The third-order valence-corrected chi connectivity index (χ3v) is 8.74. The van der Waals surface area contributed by atoms with E-state index in [-0.39, 0.29) is 29.0 Å². The predicted molar refractivity (Wildman–Crippen MR) is 133 cm³/mol. The largest absolute Gasteiger partial charge is 0.497 e. The highest BCUT2D eigenvalue weighted by Gasteiger charge is 2.25. The van der Waals surface area contributed by atoms with E-state index in [0.29, 0.717) is 28.2 Å². The zero-order valence-electron chi connectivity index (χ0n) is 19.5. The molecule has 0 saturated carbocycles. The molecule has 3 rings (SSSR count). The number of amides is 1. The van der Waals surface area contributed by atoms with E-state index in [1.165, 1.54) is 17.6 Å². The standard InChI is InChI=1S/C25H30N2O5S2/c1-3-4-5-6-10-23(28)19-13-15-27(16-14-19)34(30,31)24-12-11-22(33-24)18-26-25(29)20-8-7-9-21(17-20)32-2/h7-9,11-15,17H,3-6,10,16,18H2,1-2H3,(H,26,29). The van der Waals surface area contributed by atoms with Crippen molar-refractivity contribution >= 4 is 33.1 Å². The fourth-order valence-electron chi connectivity index (χ4n) is 3.46. The molecule has 0 saturated heterocycles. The molecule has 182 valence electrons. The summed E-state index contributed by atoms with van der Waals surface area (Å²) in [4.78, 5) is 25.4. The van der Waals surface area contributed by atoms with E-state index >= 15 is 0 Å². The molecule has 2 aromatic rings. The summed E-state index contributed by atoms with van der Waals surface area (Å²) in [6.07, 6.45) is 9.29. The molecule has 9 heteroatoms. The van der Waals surface area contributed by atoms with E-state index in [1.807, 2.05) is 0 Å². The van der Waals surface area contributed by atoms with Crippen LogP contribution in [-0.4, -0.2) is 38.1 Å². The van der Waals surface area contributed by atoms with Crippen molar-refractivity contribution in [2.24, 2.45) is 0 Å². The van der Waals surface area contributed by atoms with E-state index in [1.54, 1.807) is 48.6 Å². The van der Waals surface area contributed by atoms with Gasteiger partial charge in [0.25, 0.3) is 15.9 Å². The highest BCUT2D eigenvalue weighted by Crippen LogP contribution is 2.27. The van der Waals surface area contributed by atoms with Gasteiger partial charge in [0.2, 0.25) is 0 Å². The van der Waals surface area contributed by atoms with Crippen LogP contribution >= 0.6 is 11.3 Å². The lowest BCUT2D eigenvalue weighted by molar-refractivity contribution is -0.115. The van der Waals surface area contributed by atoms with Crippen LogP contribution < -0.4 is 10.1 Å². The molecule has 1 amide bonds. The van der Waals surface area contributed by atoms with Gasteiger partial charge in [0.15, 0.2) is 5.78 Å². The minimum absolute atomic E-state index is 0.0505. The fraction of sp³-hybridized carbons (Fsp3) is 0.360. The van der Waals surface area contributed by atoms with Gasteiger partial charge in [-0.05, 0) is 42.8 Å². The zero-order chi connectivity index (χ0) is 24.6. The lowest BCUT2D eigenvalue weighted by atomic mass is 10.0. The molecule has 0 bridgehead atoms. The Morgan fingerprint density at radius 1 is 1.15 bits per heavy atom. The predicted octanol–water partition coefficient (Wildman–Crippen LogP) is 4.67. The van der Waals surface area contributed by atoms with Gasteiger partial charge in [-0.2, -0.15) is 0 Å². The molecule has 1 aliphatic heterocycles. The third kappa shape index (κ3) is 6.57. The number of Topliss-reactive ketones (excluding diaryl/α,β-unsaturated/α-hetero) is 1. The number of unbranched alkanes of at least 4 members (excludes halogenated alkanes) is 3. The summed E-state index contributed by atoms with van der Waals surface area (Å²) >= 11 is 1.11. The molecule has 0 fully saturated rings. The summed E-state index contributed by atoms with van der Waals surface area (Å²) in [5.74, 6) is 0.365. The number of hydrogen-bond acceptors (Lipinski definition) is 6. The van der Waals surface area contributed by atoms with Crippen LogP contribution in [0, 0.1) is 0 Å². The van der Waals surface area contributed by atoms with Gasteiger partial charge >= 0.3 is 0 Å². The van der Waals surface area contributed by atoms with Crippen LogP contribution in [0.1, 0.15) is 54.3 Å². The van der Waals surface area contributed by atoms with Gasteiger partial charge in [0, 0.05) is 28.6 Å². The number of carbonyl (C=O) groups is 2. The van der Waals surface area contributed by atoms with E-state index in [4.69, 9.17) is 4.74 Å². The van der Waals surface area contributed by atoms with E-state index < -0.39 is 10.0 Å². The molecule has 2 heterocycles. The van der Waals surface area contributed by atoms with E-state index in [9.17, 15) is 18.0 Å². The SMILES string of the molecule is CCCCCCC(=O)C1=CCN(S(=O)(=O)c2ccc(CNC(=O)c3cccc(OC)c3)s2)C=C1. The lowest BCUT2D eigenvalue weighted by Gasteiger charge is -2.21. The maximum Gasteiger partial charge on any atom is 0.273 e. The first-order valence-electron chi connectivity index (χ1n) is 11.3. The van der Waals surface area contributed by atoms with Crippen molar-refractivity contribution in [1.82, 2.24) is 9.62 Å². The van der Waals surface area contributed by atoms with Gasteiger partial charge in [0.1, 0.15) is 9.96 Å². The van der Waals surface area contributed by atoms with Crippen LogP contribution in [0.5, 0.6) is 5.75 Å². The van der Waals surface area contributed by atoms with Crippen LogP contribution in [0.3, 0.4) is 0 Å². The molecule has 0 unspecified atom stereocenters. The maximum atomic E-state index is 13.0. The van der Waals surface area contributed by atoms with Crippen LogP contribution in [0.4, 0.5) is 0 Å². The number of methoxy groups -OCH3 is 1. The summed E-state index contributed by atoms with van der Waals surface area (Å²) in [6.45, 7) is 2.45. The number of allylic oxidation sites excluding steroid dienone is 2. The molecule has 0 aliphatic carbocycles. The number of rotatable bonds is 12. The van der Waals surface area contributed by atoms with Gasteiger partial charge in [-0.3, -0.25) is 13.9 Å². The smallest absolute Gasteiger partial charge is 0.273 e. The number of ether oxygens (including phenoxy) is 1. The normalized spacial score (nSPS) is 13.5. The van der Waals surface area contributed by atoms with E-state index in [0.717, 1.165) is 37.0 Å². The third-order valence-electron chi connectivity index (χ3n) is 5.45. The Balaban J connectivity index is 1.56. The van der Waals surface area contributed by atoms with Crippen molar-refractivity contribution < 1.29 is 22.7 Å². The van der Waals surface area contributed by atoms with Crippen LogP contribution in [-0.2, 0) is 21.4 Å². The quantitative estimate of drug-likeness (QED) is 0.426. The van der Waals surface area contributed by atoms with Crippen LogP contribution in [0.2, 0.25) is 0 Å². The van der Waals surface area contributed by atoms with Crippen LogP contribution in [0.15, 0.2) is 64.5 Å². The Labute approximate surface area is 205 Å². The van der Waals surface area contributed by atoms with Gasteiger partial charge in [-0.25, -0.2) is 8.42 Å². The van der Waals surface area contributed by atoms with Crippen molar-refractivity contribution in [2.75, 3.05) is 13.7 Å². The number of hydrogen-bond donors (Lipinski definition) is 1. The second-order valence-corrected chi connectivity index (χ2v) is 11.2. The maximum absolute atomic E-state index is 13.0. The molecular formula is C25H30N2O5S2. The second-order valence-electron chi connectivity index (χ2n) is 7.92. The van der Waals surface area contributed by atoms with Gasteiger partial charge in [-0.1, -0.05) is 38.3 Å². The first kappa shape index (κ1) is 25.7. The first-order valence-corrected chi connectivity index (χ1v) is 13.5. The molecule has 1 aromatic heterocycles. The van der Waals surface area contributed by atoms with Crippen molar-refractivity contribution in [2.45, 2.75) is 49.8 Å². The minimum Gasteiger partial charge on any atom is -0.497 e. The highest BCUT2D eigenvalue weighted by molar-refractivity contribution is 7.91. The summed E-state index contributed by atoms with van der Waals surface area (Å²) < 4.78 is 32.6. The Morgan fingerprint density at radius 3 is 2.68 bits per heavy atom. The summed E-state index contributed by atoms with van der Waals surface area (Å²) in [7, 11) is -2.20. The molecule has 1 aromatic carbocycles. The Bertz CT molecular complexity index is 1180. The summed E-state index contributed by atoms with van der Waals surface area (Å²) in [5, 5.41) is 2.80. The number of thiophene rings is 1. The van der Waals surface area contributed by atoms with Crippen molar-refractivity contribution in [3.63, 3.8) is 0 Å². The summed E-state index contributed by atoms with van der Waals surface area (Å²) in [5.41, 5.74) is 1.03. The Hall–Kier alpha value is -2.91. The zero-order valence-corrected chi connectivity index (χ0v) is 21.1. The molecule has 1 N–H and O–H groups in total. The first-order chi connectivity index (χ1) is 16.3. The summed E-state index contributed by atoms with van der Waals surface area (Å²) in [6, 6.07) is 10.0. The van der Waals surface area contributed by atoms with Crippen molar-refractivity contribution in [3.8, 4) is 5.75 Å². The molecule has 1 aliphatic rings. The van der Waals surface area contributed by atoms with Crippen molar-refractivity contribution in [3.05, 3.63) is 70.8 Å². The number of sulfonamides is 1.